The van der Waals surface area contributed by atoms with Gasteiger partial charge in [0.2, 0.25) is 0 Å². The minimum Gasteiger partial charge on any atom is -0.268 e. The van der Waals surface area contributed by atoms with Crippen molar-refractivity contribution >= 4 is 49.5 Å². The van der Waals surface area contributed by atoms with Crippen molar-refractivity contribution in [2.75, 3.05) is 0 Å². The molecule has 23 heavy (non-hydrogen) atoms. The standard InChI is InChI=1S/C15H10BrClFNO3S/c16-13-9-11(18)5-6-12(13)15(20)19-23(21,22)8-7-10-3-1-2-4-14(10)17/h1-9H,(H,19,20)/b8-7+. The second-order valence-corrected chi connectivity index (χ2v) is 7.25. The molecule has 0 aliphatic rings. The van der Waals surface area contributed by atoms with Crippen molar-refractivity contribution in [1.82, 2.24) is 4.72 Å². The molecule has 0 atom stereocenters. The highest BCUT2D eigenvalue weighted by Crippen LogP contribution is 2.19. The van der Waals surface area contributed by atoms with E-state index in [1.54, 1.807) is 24.3 Å². The van der Waals surface area contributed by atoms with Gasteiger partial charge in [-0.3, -0.25) is 4.79 Å². The van der Waals surface area contributed by atoms with Gasteiger partial charge in [0.15, 0.2) is 0 Å². The fourth-order valence-corrected chi connectivity index (χ4v) is 3.16. The number of carbonyl (C=O) groups is 1. The lowest BCUT2D eigenvalue weighted by Gasteiger charge is -2.05. The molecule has 1 N–H and O–H groups in total. The maximum atomic E-state index is 13.0. The van der Waals surface area contributed by atoms with Crippen LogP contribution in [0.1, 0.15) is 15.9 Å². The van der Waals surface area contributed by atoms with Gasteiger partial charge in [-0.1, -0.05) is 29.8 Å². The van der Waals surface area contributed by atoms with Crippen LogP contribution in [0, 0.1) is 5.82 Å². The molecule has 0 aliphatic carbocycles. The molecule has 0 saturated heterocycles. The van der Waals surface area contributed by atoms with Crippen molar-refractivity contribution < 1.29 is 17.6 Å². The number of amides is 1. The second-order valence-electron chi connectivity index (χ2n) is 4.42. The van der Waals surface area contributed by atoms with Gasteiger partial charge >= 0.3 is 0 Å². The van der Waals surface area contributed by atoms with E-state index in [1.807, 2.05) is 4.72 Å². The Kier molecular flexibility index (Phi) is 5.56. The van der Waals surface area contributed by atoms with E-state index in [1.165, 1.54) is 12.1 Å². The average Bonchev–Trinajstić information content (AvgIpc) is 2.45. The van der Waals surface area contributed by atoms with Crippen LogP contribution in [0.25, 0.3) is 6.08 Å². The molecule has 0 aromatic heterocycles. The summed E-state index contributed by atoms with van der Waals surface area (Å²) < 4.78 is 38.9. The molecule has 2 aromatic carbocycles. The summed E-state index contributed by atoms with van der Waals surface area (Å²) in [6.07, 6.45) is 1.28. The first-order valence-corrected chi connectivity index (χ1v) is 8.95. The molecule has 120 valence electrons. The Morgan fingerprint density at radius 1 is 1.22 bits per heavy atom. The zero-order valence-corrected chi connectivity index (χ0v) is 14.6. The summed E-state index contributed by atoms with van der Waals surface area (Å²) in [4.78, 5) is 12.0. The van der Waals surface area contributed by atoms with Crippen molar-refractivity contribution in [3.05, 3.63) is 74.3 Å². The van der Waals surface area contributed by atoms with Crippen molar-refractivity contribution in [2.45, 2.75) is 0 Å². The van der Waals surface area contributed by atoms with Crippen molar-refractivity contribution in [3.63, 3.8) is 0 Å². The van der Waals surface area contributed by atoms with Crippen LogP contribution in [0.3, 0.4) is 0 Å². The van der Waals surface area contributed by atoms with E-state index in [0.717, 1.165) is 17.5 Å². The first-order valence-electron chi connectivity index (χ1n) is 6.23. The summed E-state index contributed by atoms with van der Waals surface area (Å²) in [6, 6.07) is 9.97. The molecular weight excluding hydrogens is 409 g/mol. The summed E-state index contributed by atoms with van der Waals surface area (Å²) in [5, 5.41) is 1.22. The first kappa shape index (κ1) is 17.7. The largest absolute Gasteiger partial charge is 0.268 e. The SMILES string of the molecule is O=C(NS(=O)(=O)/C=C/c1ccccc1Cl)c1ccc(F)cc1Br. The third kappa shape index (κ3) is 4.89. The topological polar surface area (TPSA) is 63.2 Å². The minimum absolute atomic E-state index is 0.00104. The van der Waals surface area contributed by atoms with Crippen LogP contribution >= 0.6 is 27.5 Å². The van der Waals surface area contributed by atoms with Gasteiger partial charge in [-0.2, -0.15) is 0 Å². The van der Waals surface area contributed by atoms with Crippen LogP contribution in [0.5, 0.6) is 0 Å². The summed E-state index contributed by atoms with van der Waals surface area (Å²) in [6.45, 7) is 0. The van der Waals surface area contributed by atoms with Crippen LogP contribution in [0.15, 0.2) is 52.3 Å². The van der Waals surface area contributed by atoms with Crippen molar-refractivity contribution in [3.8, 4) is 0 Å². The second kappa shape index (κ2) is 7.25. The van der Waals surface area contributed by atoms with Gasteiger partial charge in [0.25, 0.3) is 15.9 Å². The smallest absolute Gasteiger partial charge is 0.266 e. The van der Waals surface area contributed by atoms with E-state index >= 15 is 0 Å². The van der Waals surface area contributed by atoms with Gasteiger partial charge in [0.05, 0.1) is 11.0 Å². The fourth-order valence-electron chi connectivity index (χ4n) is 1.66. The monoisotopic (exact) mass is 417 g/mol. The van der Waals surface area contributed by atoms with E-state index in [4.69, 9.17) is 11.6 Å². The molecule has 1 amide bonds. The summed E-state index contributed by atoms with van der Waals surface area (Å²) in [5.74, 6) is -1.42. The Bertz CT molecular complexity index is 884. The highest BCUT2D eigenvalue weighted by molar-refractivity contribution is 9.10. The van der Waals surface area contributed by atoms with Gasteiger partial charge in [-0.25, -0.2) is 17.5 Å². The number of halogens is 3. The van der Waals surface area contributed by atoms with Gasteiger partial charge in [-0.05, 0) is 51.8 Å². The molecule has 2 aromatic rings. The Labute approximate surface area is 146 Å². The molecule has 8 heteroatoms. The number of carbonyl (C=O) groups excluding carboxylic acids is 1. The van der Waals surface area contributed by atoms with E-state index in [0.29, 0.717) is 10.6 Å². The van der Waals surface area contributed by atoms with E-state index < -0.39 is 21.7 Å². The van der Waals surface area contributed by atoms with Gasteiger partial charge in [0.1, 0.15) is 5.82 Å². The molecule has 0 spiro atoms. The van der Waals surface area contributed by atoms with Crippen LogP contribution in [0.4, 0.5) is 4.39 Å². The average molecular weight is 419 g/mol. The molecule has 0 unspecified atom stereocenters. The van der Waals surface area contributed by atoms with Gasteiger partial charge in [0, 0.05) is 9.50 Å². The summed E-state index contributed by atoms with van der Waals surface area (Å²) >= 11 is 8.92. The number of benzene rings is 2. The Balaban J connectivity index is 2.18. The van der Waals surface area contributed by atoms with Gasteiger partial charge in [-0.15, -0.1) is 0 Å². The molecule has 0 fully saturated rings. The Hall–Kier alpha value is -1.70. The fraction of sp³-hybridized carbons (Fsp3) is 0. The molecule has 0 aliphatic heterocycles. The Morgan fingerprint density at radius 2 is 1.91 bits per heavy atom. The summed E-state index contributed by atoms with van der Waals surface area (Å²) in [7, 11) is -4.02. The Morgan fingerprint density at radius 3 is 2.57 bits per heavy atom. The number of rotatable bonds is 4. The van der Waals surface area contributed by atoms with E-state index in [9.17, 15) is 17.6 Å². The van der Waals surface area contributed by atoms with Crippen LogP contribution < -0.4 is 4.72 Å². The number of hydrogen-bond acceptors (Lipinski definition) is 3. The molecule has 4 nitrogen and oxygen atoms in total. The highest BCUT2D eigenvalue weighted by atomic mass is 79.9. The minimum atomic E-state index is -4.02. The summed E-state index contributed by atoms with van der Waals surface area (Å²) in [5.41, 5.74) is 0.496. The normalized spacial score (nSPS) is 11.6. The van der Waals surface area contributed by atoms with Gasteiger partial charge < -0.3 is 0 Å². The predicted molar refractivity (Wildman–Crippen MR) is 91.0 cm³/mol. The molecule has 0 heterocycles. The lowest BCUT2D eigenvalue weighted by Crippen LogP contribution is -2.29. The third-order valence-electron chi connectivity index (χ3n) is 2.74. The predicted octanol–water partition coefficient (Wildman–Crippen LogP) is 3.97. The highest BCUT2D eigenvalue weighted by Gasteiger charge is 2.16. The third-order valence-corrected chi connectivity index (χ3v) is 4.71. The first-order chi connectivity index (χ1) is 10.8. The number of sulfonamides is 1. The van der Waals surface area contributed by atoms with E-state index in [-0.39, 0.29) is 10.0 Å². The van der Waals surface area contributed by atoms with Crippen molar-refractivity contribution in [2.24, 2.45) is 0 Å². The molecule has 0 bridgehead atoms. The molecule has 0 saturated carbocycles. The quantitative estimate of drug-likeness (QED) is 0.817. The van der Waals surface area contributed by atoms with Crippen LogP contribution in [-0.2, 0) is 10.0 Å². The lowest BCUT2D eigenvalue weighted by molar-refractivity contribution is 0.0981. The zero-order chi connectivity index (χ0) is 17.0. The molecule has 0 radical (unpaired) electrons. The number of hydrogen-bond donors (Lipinski definition) is 1. The maximum absolute atomic E-state index is 13.0. The lowest BCUT2D eigenvalue weighted by atomic mass is 10.2. The number of nitrogens with one attached hydrogen (secondary N) is 1. The zero-order valence-electron chi connectivity index (χ0n) is 11.5. The maximum Gasteiger partial charge on any atom is 0.266 e. The van der Waals surface area contributed by atoms with E-state index in [2.05, 4.69) is 15.9 Å². The van der Waals surface area contributed by atoms with Crippen molar-refractivity contribution in [1.29, 1.82) is 0 Å². The molecular formula is C15H10BrClFNO3S. The van der Waals surface area contributed by atoms with Crippen LogP contribution in [-0.4, -0.2) is 14.3 Å². The molecule has 2 rings (SSSR count). The van der Waals surface area contributed by atoms with Crippen LogP contribution in [0.2, 0.25) is 5.02 Å².